The summed E-state index contributed by atoms with van der Waals surface area (Å²) >= 11 is 0. The lowest BCUT2D eigenvalue weighted by atomic mass is 10.0. The van der Waals surface area contributed by atoms with Gasteiger partial charge < -0.3 is 10.1 Å². The molecule has 1 atom stereocenters. The van der Waals surface area contributed by atoms with Crippen LogP contribution in [0, 0.1) is 0 Å². The minimum atomic E-state index is 0.189. The molecule has 0 radical (unpaired) electrons. The minimum Gasteiger partial charge on any atom is -0.491 e. The number of hydrogen-bond donors (Lipinski definition) is 1. The zero-order valence-electron chi connectivity index (χ0n) is 12.6. The number of hydrogen-bond acceptors (Lipinski definition) is 3. The fraction of sp³-hybridized carbons (Fsp3) is 0.438. The van der Waals surface area contributed by atoms with Crippen LogP contribution in [0.15, 0.2) is 36.5 Å². The standard InChI is InChI=1S/C16H23N3O/c1-12(2)20-15-7-5-6-13(10-15)16(17-3)11-14-8-9-19(4)18-14/h5-10,12,16-17H,11H2,1-4H3. The first-order chi connectivity index (χ1) is 9.58. The second-order valence-corrected chi connectivity index (χ2v) is 5.27. The van der Waals surface area contributed by atoms with Gasteiger partial charge in [0.05, 0.1) is 11.8 Å². The Morgan fingerprint density at radius 1 is 1.30 bits per heavy atom. The number of nitrogens with one attached hydrogen (secondary N) is 1. The summed E-state index contributed by atoms with van der Waals surface area (Å²) in [6, 6.07) is 10.5. The predicted octanol–water partition coefficient (Wildman–Crippen LogP) is 2.71. The van der Waals surface area contributed by atoms with Gasteiger partial charge in [0.15, 0.2) is 0 Å². The molecule has 0 aliphatic heterocycles. The SMILES string of the molecule is CNC(Cc1ccn(C)n1)c1cccc(OC(C)C)c1. The fourth-order valence-corrected chi connectivity index (χ4v) is 2.24. The third kappa shape index (κ3) is 3.84. The van der Waals surface area contributed by atoms with Gasteiger partial charge in [0.1, 0.15) is 5.75 Å². The highest BCUT2D eigenvalue weighted by atomic mass is 16.5. The molecule has 0 fully saturated rings. The Kier molecular flexibility index (Phi) is 4.79. The van der Waals surface area contributed by atoms with E-state index in [4.69, 9.17) is 4.74 Å². The first kappa shape index (κ1) is 14.6. The molecule has 1 aromatic carbocycles. The molecule has 0 saturated heterocycles. The van der Waals surface area contributed by atoms with E-state index in [1.807, 2.05) is 51.0 Å². The van der Waals surface area contributed by atoms with E-state index in [0.717, 1.165) is 17.9 Å². The van der Waals surface area contributed by atoms with Gasteiger partial charge in [-0.15, -0.1) is 0 Å². The zero-order chi connectivity index (χ0) is 14.5. The number of aryl methyl sites for hydroxylation is 1. The van der Waals surface area contributed by atoms with Crippen LogP contribution in [0.25, 0.3) is 0 Å². The molecule has 4 heteroatoms. The van der Waals surface area contributed by atoms with Crippen LogP contribution in [0.2, 0.25) is 0 Å². The molecule has 0 spiro atoms. The summed E-state index contributed by atoms with van der Waals surface area (Å²) < 4.78 is 7.59. The summed E-state index contributed by atoms with van der Waals surface area (Å²) in [5.41, 5.74) is 2.30. The first-order valence-electron chi connectivity index (χ1n) is 7.01. The van der Waals surface area contributed by atoms with Gasteiger partial charge in [0.25, 0.3) is 0 Å². The first-order valence-corrected chi connectivity index (χ1v) is 7.01. The third-order valence-electron chi connectivity index (χ3n) is 3.16. The van der Waals surface area contributed by atoms with Gasteiger partial charge in [0, 0.05) is 25.7 Å². The largest absolute Gasteiger partial charge is 0.491 e. The molecular weight excluding hydrogens is 250 g/mol. The second-order valence-electron chi connectivity index (χ2n) is 5.27. The van der Waals surface area contributed by atoms with Gasteiger partial charge in [-0.3, -0.25) is 4.68 Å². The molecular formula is C16H23N3O. The maximum absolute atomic E-state index is 5.76. The zero-order valence-corrected chi connectivity index (χ0v) is 12.6. The smallest absolute Gasteiger partial charge is 0.120 e. The van der Waals surface area contributed by atoms with Crippen molar-refractivity contribution in [2.24, 2.45) is 7.05 Å². The summed E-state index contributed by atoms with van der Waals surface area (Å²) in [5, 5.41) is 7.79. The normalized spacial score (nSPS) is 12.7. The van der Waals surface area contributed by atoms with Gasteiger partial charge >= 0.3 is 0 Å². The van der Waals surface area contributed by atoms with Crippen molar-refractivity contribution in [3.63, 3.8) is 0 Å². The second kappa shape index (κ2) is 6.57. The monoisotopic (exact) mass is 273 g/mol. The number of ether oxygens (including phenoxy) is 1. The molecule has 2 rings (SSSR count). The predicted molar refractivity (Wildman–Crippen MR) is 80.9 cm³/mol. The Morgan fingerprint density at radius 2 is 2.10 bits per heavy atom. The lowest BCUT2D eigenvalue weighted by Gasteiger charge is -2.17. The van der Waals surface area contributed by atoms with E-state index in [-0.39, 0.29) is 12.1 Å². The van der Waals surface area contributed by atoms with E-state index in [1.54, 1.807) is 0 Å². The molecule has 0 saturated carbocycles. The van der Waals surface area contributed by atoms with Gasteiger partial charge in [-0.1, -0.05) is 12.1 Å². The van der Waals surface area contributed by atoms with E-state index in [2.05, 4.69) is 28.6 Å². The lowest BCUT2D eigenvalue weighted by molar-refractivity contribution is 0.242. The number of aromatic nitrogens is 2. The van der Waals surface area contributed by atoms with Crippen LogP contribution >= 0.6 is 0 Å². The average molecular weight is 273 g/mol. The summed E-state index contributed by atoms with van der Waals surface area (Å²) in [5.74, 6) is 0.916. The Morgan fingerprint density at radius 3 is 2.70 bits per heavy atom. The van der Waals surface area contributed by atoms with Crippen molar-refractivity contribution in [1.82, 2.24) is 15.1 Å². The van der Waals surface area contributed by atoms with Gasteiger partial charge in [-0.25, -0.2) is 0 Å². The highest BCUT2D eigenvalue weighted by molar-refractivity contribution is 5.31. The summed E-state index contributed by atoms with van der Waals surface area (Å²) in [6.07, 6.45) is 3.03. The Hall–Kier alpha value is -1.81. The van der Waals surface area contributed by atoms with E-state index in [0.29, 0.717) is 0 Å². The Labute approximate surface area is 120 Å². The molecule has 2 aromatic rings. The number of likely N-dealkylation sites (N-methyl/N-ethyl adjacent to an activating group) is 1. The lowest BCUT2D eigenvalue weighted by Crippen LogP contribution is -2.19. The molecule has 1 heterocycles. The van der Waals surface area contributed by atoms with Crippen molar-refractivity contribution in [3.8, 4) is 5.75 Å². The molecule has 0 aliphatic carbocycles. The quantitative estimate of drug-likeness (QED) is 0.879. The molecule has 108 valence electrons. The van der Waals surface area contributed by atoms with Gasteiger partial charge in [0.2, 0.25) is 0 Å². The molecule has 0 amide bonds. The van der Waals surface area contributed by atoms with Crippen molar-refractivity contribution in [3.05, 3.63) is 47.8 Å². The van der Waals surface area contributed by atoms with Crippen molar-refractivity contribution in [2.75, 3.05) is 7.05 Å². The Bertz CT molecular complexity index is 548. The van der Waals surface area contributed by atoms with Crippen molar-refractivity contribution in [2.45, 2.75) is 32.4 Å². The Balaban J connectivity index is 2.14. The van der Waals surface area contributed by atoms with Gasteiger partial charge in [-0.05, 0) is 44.7 Å². The highest BCUT2D eigenvalue weighted by Gasteiger charge is 2.12. The number of rotatable bonds is 6. The van der Waals surface area contributed by atoms with Crippen LogP contribution in [0.4, 0.5) is 0 Å². The minimum absolute atomic E-state index is 0.189. The van der Waals surface area contributed by atoms with E-state index < -0.39 is 0 Å². The van der Waals surface area contributed by atoms with E-state index >= 15 is 0 Å². The third-order valence-corrected chi connectivity index (χ3v) is 3.16. The summed E-state index contributed by atoms with van der Waals surface area (Å²) in [7, 11) is 3.92. The number of benzene rings is 1. The highest BCUT2D eigenvalue weighted by Crippen LogP contribution is 2.22. The number of nitrogens with zero attached hydrogens (tertiary/aromatic N) is 2. The van der Waals surface area contributed by atoms with Crippen LogP contribution in [0.5, 0.6) is 5.75 Å². The van der Waals surface area contributed by atoms with Crippen LogP contribution in [-0.2, 0) is 13.5 Å². The summed E-state index contributed by atoms with van der Waals surface area (Å²) in [6.45, 7) is 4.08. The van der Waals surface area contributed by atoms with Gasteiger partial charge in [-0.2, -0.15) is 5.10 Å². The van der Waals surface area contributed by atoms with Crippen LogP contribution in [0.1, 0.15) is 31.1 Å². The van der Waals surface area contributed by atoms with E-state index in [1.165, 1.54) is 5.56 Å². The summed E-state index contributed by atoms with van der Waals surface area (Å²) in [4.78, 5) is 0. The maximum Gasteiger partial charge on any atom is 0.120 e. The van der Waals surface area contributed by atoms with E-state index in [9.17, 15) is 0 Å². The average Bonchev–Trinajstić information content (AvgIpc) is 2.81. The molecule has 1 N–H and O–H groups in total. The molecule has 4 nitrogen and oxygen atoms in total. The van der Waals surface area contributed by atoms with Crippen molar-refractivity contribution in [1.29, 1.82) is 0 Å². The van der Waals surface area contributed by atoms with Crippen molar-refractivity contribution < 1.29 is 4.74 Å². The fourth-order valence-electron chi connectivity index (χ4n) is 2.24. The van der Waals surface area contributed by atoms with Crippen molar-refractivity contribution >= 4 is 0 Å². The molecule has 1 aromatic heterocycles. The molecule has 0 bridgehead atoms. The van der Waals surface area contributed by atoms with Crippen LogP contribution < -0.4 is 10.1 Å². The molecule has 0 aliphatic rings. The maximum atomic E-state index is 5.76. The van der Waals surface area contributed by atoms with Crippen LogP contribution in [-0.4, -0.2) is 22.9 Å². The molecule has 1 unspecified atom stereocenters. The topological polar surface area (TPSA) is 39.1 Å². The molecule has 20 heavy (non-hydrogen) atoms. The van der Waals surface area contributed by atoms with Crippen LogP contribution in [0.3, 0.4) is 0 Å².